The van der Waals surface area contributed by atoms with E-state index in [1.807, 2.05) is 0 Å². The van der Waals surface area contributed by atoms with Crippen molar-refractivity contribution in [1.29, 1.82) is 0 Å². The van der Waals surface area contributed by atoms with Gasteiger partial charge in [-0.1, -0.05) is 19.1 Å². The average Bonchev–Trinajstić information content (AvgIpc) is 2.88. The van der Waals surface area contributed by atoms with Gasteiger partial charge in [-0.05, 0) is 47.5 Å². The number of methoxy groups -OCH3 is 1. The monoisotopic (exact) mass is 524 g/mol. The van der Waals surface area contributed by atoms with Crippen LogP contribution in [0.1, 0.15) is 18.9 Å². The number of carbonyl (C=O) groups is 1. The van der Waals surface area contributed by atoms with E-state index in [0.717, 1.165) is 28.1 Å². The number of fused-ring (bicyclic) bond motifs is 1. The molecule has 2 aromatic carbocycles. The number of benzene rings is 2. The van der Waals surface area contributed by atoms with E-state index in [0.29, 0.717) is 23.3 Å². The number of aliphatic carboxylic acids is 1. The highest BCUT2D eigenvalue weighted by Gasteiger charge is 2.34. The van der Waals surface area contributed by atoms with E-state index in [-0.39, 0.29) is 25.3 Å². The fourth-order valence-electron chi connectivity index (χ4n) is 3.28. The van der Waals surface area contributed by atoms with E-state index in [9.17, 15) is 26.4 Å². The standard InChI is InChI=1S/C21H17F3N2O4S.C3H6O2/c1-29-20-12-15(7-8-25-20)14-5-6-19-18(11-14)26(9-10-30-19)31(27,28)17-4-2-3-16(13-17)21(22,23)24;1-2-3(4)5/h2-8,11-13H,9-10H2,1H3;2H2,1H3,(H,4,5). The summed E-state index contributed by atoms with van der Waals surface area (Å²) in [5.74, 6) is -0.0310. The van der Waals surface area contributed by atoms with Gasteiger partial charge in [-0.15, -0.1) is 0 Å². The Labute approximate surface area is 206 Å². The molecular weight excluding hydrogens is 501 g/mol. The smallest absolute Gasteiger partial charge is 0.416 e. The zero-order valence-corrected chi connectivity index (χ0v) is 20.1. The lowest BCUT2D eigenvalue weighted by Gasteiger charge is -2.31. The number of ether oxygens (including phenoxy) is 2. The number of halogens is 3. The summed E-state index contributed by atoms with van der Waals surface area (Å²) in [4.78, 5) is 13.0. The van der Waals surface area contributed by atoms with Crippen molar-refractivity contribution in [1.82, 2.24) is 4.98 Å². The van der Waals surface area contributed by atoms with Crippen LogP contribution in [-0.4, -0.2) is 44.7 Å². The predicted molar refractivity (Wildman–Crippen MR) is 126 cm³/mol. The summed E-state index contributed by atoms with van der Waals surface area (Å²) in [6.07, 6.45) is -2.87. The Hall–Kier alpha value is -3.80. The molecule has 8 nitrogen and oxygen atoms in total. The Morgan fingerprint density at radius 3 is 2.47 bits per heavy atom. The molecule has 2 heterocycles. The van der Waals surface area contributed by atoms with Crippen molar-refractivity contribution in [2.75, 3.05) is 24.6 Å². The third-order valence-electron chi connectivity index (χ3n) is 5.11. The molecule has 0 radical (unpaired) electrons. The second kappa shape index (κ2) is 10.9. The Morgan fingerprint density at radius 2 is 1.83 bits per heavy atom. The fourth-order valence-corrected chi connectivity index (χ4v) is 4.78. The van der Waals surface area contributed by atoms with Gasteiger partial charge in [-0.25, -0.2) is 13.4 Å². The van der Waals surface area contributed by atoms with Crippen LogP contribution >= 0.6 is 0 Å². The lowest BCUT2D eigenvalue weighted by molar-refractivity contribution is -0.138. The van der Waals surface area contributed by atoms with Crippen LogP contribution in [0.5, 0.6) is 11.6 Å². The highest BCUT2D eigenvalue weighted by Crippen LogP contribution is 2.39. The van der Waals surface area contributed by atoms with Gasteiger partial charge in [0.15, 0.2) is 0 Å². The summed E-state index contributed by atoms with van der Waals surface area (Å²) < 4.78 is 77.6. The minimum absolute atomic E-state index is 0.0330. The van der Waals surface area contributed by atoms with Crippen LogP contribution in [0, 0.1) is 0 Å². The minimum Gasteiger partial charge on any atom is -0.489 e. The quantitative estimate of drug-likeness (QED) is 0.509. The van der Waals surface area contributed by atoms with Crippen LogP contribution in [0.15, 0.2) is 65.7 Å². The summed E-state index contributed by atoms with van der Waals surface area (Å²) in [5, 5.41) is 7.72. The van der Waals surface area contributed by atoms with E-state index < -0.39 is 32.6 Å². The molecule has 3 aromatic rings. The number of sulfonamides is 1. The first-order chi connectivity index (χ1) is 17.0. The number of carboxylic acid groups (broad SMARTS) is 1. The molecule has 0 unspecified atom stereocenters. The number of hydrogen-bond donors (Lipinski definition) is 1. The number of pyridine rings is 1. The zero-order chi connectivity index (χ0) is 26.5. The molecule has 0 bridgehead atoms. The fraction of sp³-hybridized carbons (Fsp3) is 0.250. The van der Waals surface area contributed by atoms with Gasteiger partial charge in [-0.3, -0.25) is 9.10 Å². The minimum atomic E-state index is -4.65. The van der Waals surface area contributed by atoms with Crippen molar-refractivity contribution in [3.63, 3.8) is 0 Å². The molecule has 4 rings (SSSR count). The number of nitrogens with zero attached hydrogens (tertiary/aromatic N) is 2. The Kier molecular flexibility index (Phi) is 8.08. The normalized spacial score (nSPS) is 13.1. The number of aromatic nitrogens is 1. The van der Waals surface area contributed by atoms with Gasteiger partial charge >= 0.3 is 12.1 Å². The summed E-state index contributed by atoms with van der Waals surface area (Å²) in [6, 6.07) is 12.1. The molecule has 0 saturated carbocycles. The maximum absolute atomic E-state index is 13.3. The summed E-state index contributed by atoms with van der Waals surface area (Å²) in [6.45, 7) is 1.64. The van der Waals surface area contributed by atoms with Crippen molar-refractivity contribution in [3.8, 4) is 22.8 Å². The second-order valence-electron chi connectivity index (χ2n) is 7.47. The summed E-state index contributed by atoms with van der Waals surface area (Å²) in [7, 11) is -2.77. The molecule has 36 heavy (non-hydrogen) atoms. The number of anilines is 1. The molecule has 1 N–H and O–H groups in total. The van der Waals surface area contributed by atoms with E-state index in [1.54, 1.807) is 43.5 Å². The van der Waals surface area contributed by atoms with Crippen molar-refractivity contribution in [2.45, 2.75) is 24.4 Å². The van der Waals surface area contributed by atoms with E-state index in [4.69, 9.17) is 14.6 Å². The predicted octanol–water partition coefficient (Wildman–Crippen LogP) is 4.84. The maximum Gasteiger partial charge on any atom is 0.416 e. The van der Waals surface area contributed by atoms with E-state index in [2.05, 4.69) is 4.98 Å². The third kappa shape index (κ3) is 6.06. The third-order valence-corrected chi connectivity index (χ3v) is 6.92. The number of rotatable bonds is 5. The van der Waals surface area contributed by atoms with Gasteiger partial charge in [0.1, 0.15) is 12.4 Å². The molecule has 0 spiro atoms. The van der Waals surface area contributed by atoms with Gasteiger partial charge in [0, 0.05) is 18.7 Å². The van der Waals surface area contributed by atoms with Crippen LogP contribution < -0.4 is 13.8 Å². The molecule has 1 aliphatic rings. The first-order valence-electron chi connectivity index (χ1n) is 10.7. The van der Waals surface area contributed by atoms with E-state index >= 15 is 0 Å². The summed E-state index contributed by atoms with van der Waals surface area (Å²) in [5.41, 5.74) is 0.627. The average molecular weight is 525 g/mol. The molecule has 192 valence electrons. The SMILES string of the molecule is CCC(=O)O.COc1cc(-c2ccc3c(c2)N(S(=O)(=O)c2cccc(C(F)(F)F)c2)CCO3)ccn1. The molecule has 0 atom stereocenters. The molecular formula is C24H23F3N2O6S. The van der Waals surface area contributed by atoms with Gasteiger partial charge in [0.05, 0.1) is 29.8 Å². The Morgan fingerprint density at radius 1 is 1.14 bits per heavy atom. The van der Waals surface area contributed by atoms with Gasteiger partial charge in [0.2, 0.25) is 5.88 Å². The maximum atomic E-state index is 13.3. The van der Waals surface area contributed by atoms with Crippen LogP contribution in [-0.2, 0) is 21.0 Å². The molecule has 1 aliphatic heterocycles. The van der Waals surface area contributed by atoms with Gasteiger partial charge < -0.3 is 14.6 Å². The van der Waals surface area contributed by atoms with Crippen LogP contribution in [0.4, 0.5) is 18.9 Å². The van der Waals surface area contributed by atoms with E-state index in [1.165, 1.54) is 7.11 Å². The van der Waals surface area contributed by atoms with Crippen LogP contribution in [0.2, 0.25) is 0 Å². The van der Waals surface area contributed by atoms with Crippen molar-refractivity contribution >= 4 is 21.7 Å². The van der Waals surface area contributed by atoms with Crippen LogP contribution in [0.3, 0.4) is 0 Å². The lowest BCUT2D eigenvalue weighted by atomic mass is 10.1. The van der Waals surface area contributed by atoms with Gasteiger partial charge in [-0.2, -0.15) is 13.2 Å². The van der Waals surface area contributed by atoms with Crippen molar-refractivity contribution < 1.29 is 41.0 Å². The first kappa shape index (κ1) is 26.8. The highest BCUT2D eigenvalue weighted by molar-refractivity contribution is 7.92. The van der Waals surface area contributed by atoms with Crippen molar-refractivity contribution in [3.05, 3.63) is 66.4 Å². The summed E-state index contributed by atoms with van der Waals surface area (Å²) >= 11 is 0. The van der Waals surface area contributed by atoms with Gasteiger partial charge in [0.25, 0.3) is 10.0 Å². The molecule has 0 fully saturated rings. The number of carboxylic acids is 1. The van der Waals surface area contributed by atoms with Crippen LogP contribution in [0.25, 0.3) is 11.1 Å². The zero-order valence-electron chi connectivity index (χ0n) is 19.3. The molecule has 0 saturated heterocycles. The number of alkyl halides is 3. The molecule has 12 heteroatoms. The molecule has 1 aromatic heterocycles. The Balaban J connectivity index is 0.000000658. The second-order valence-corrected chi connectivity index (χ2v) is 9.33. The Bertz CT molecular complexity index is 1350. The largest absolute Gasteiger partial charge is 0.489 e. The van der Waals surface area contributed by atoms with Crippen molar-refractivity contribution in [2.24, 2.45) is 0 Å². The highest BCUT2D eigenvalue weighted by atomic mass is 32.2. The number of hydrogen-bond acceptors (Lipinski definition) is 6. The molecule has 0 amide bonds. The molecule has 0 aliphatic carbocycles. The lowest BCUT2D eigenvalue weighted by Crippen LogP contribution is -2.38. The topological polar surface area (TPSA) is 106 Å². The first-order valence-corrected chi connectivity index (χ1v) is 12.1.